The molecule has 4 heteroatoms. The van der Waals surface area contributed by atoms with Crippen LogP contribution in [0.2, 0.25) is 0 Å². The van der Waals surface area contributed by atoms with Crippen LogP contribution in [0.3, 0.4) is 0 Å². The normalized spacial score (nSPS) is 10.6. The molecule has 0 amide bonds. The van der Waals surface area contributed by atoms with Crippen molar-refractivity contribution in [2.75, 3.05) is 0 Å². The van der Waals surface area contributed by atoms with Gasteiger partial charge in [-0.05, 0) is 48.9 Å². The molecule has 0 saturated heterocycles. The molecule has 3 nitrogen and oxygen atoms in total. The summed E-state index contributed by atoms with van der Waals surface area (Å²) in [6.07, 6.45) is 1.69. The molecule has 2 aromatic carbocycles. The first-order valence-corrected chi connectivity index (χ1v) is 7.26. The van der Waals surface area contributed by atoms with Gasteiger partial charge in [-0.15, -0.1) is 0 Å². The highest BCUT2D eigenvalue weighted by atomic mass is 79.9. The van der Waals surface area contributed by atoms with Crippen molar-refractivity contribution in [2.24, 2.45) is 0 Å². The Hall–Kier alpha value is -2.20. The molecule has 0 N–H and O–H groups in total. The summed E-state index contributed by atoms with van der Waals surface area (Å²) >= 11 is 3.34. The minimum absolute atomic E-state index is 0.390. The molecule has 0 saturated carbocycles. The van der Waals surface area contributed by atoms with Crippen molar-refractivity contribution in [3.63, 3.8) is 0 Å². The van der Waals surface area contributed by atoms with Gasteiger partial charge in [-0.3, -0.25) is 4.98 Å². The lowest BCUT2D eigenvalue weighted by atomic mass is 10.1. The molecule has 0 atom stereocenters. The highest BCUT2D eigenvalue weighted by Crippen LogP contribution is 2.27. The summed E-state index contributed by atoms with van der Waals surface area (Å²) in [5, 5.41) is 0.985. The molecular formula is C17H12BrNO2. The highest BCUT2D eigenvalue weighted by Gasteiger charge is 2.12. The first-order valence-electron chi connectivity index (χ1n) is 6.47. The number of carbonyl (C=O) groups is 1. The van der Waals surface area contributed by atoms with Crippen molar-refractivity contribution in [1.29, 1.82) is 0 Å². The average Bonchev–Trinajstić information content (AvgIpc) is 2.51. The number of fused-ring (bicyclic) bond motifs is 1. The van der Waals surface area contributed by atoms with E-state index in [4.69, 9.17) is 4.74 Å². The summed E-state index contributed by atoms with van der Waals surface area (Å²) in [4.78, 5) is 16.5. The number of rotatable bonds is 2. The Morgan fingerprint density at radius 1 is 1.10 bits per heavy atom. The van der Waals surface area contributed by atoms with Crippen LogP contribution in [-0.4, -0.2) is 11.0 Å². The highest BCUT2D eigenvalue weighted by molar-refractivity contribution is 9.10. The fourth-order valence-electron chi connectivity index (χ4n) is 2.12. The summed E-state index contributed by atoms with van der Waals surface area (Å²) in [6.45, 7) is 2.00. The molecule has 1 aromatic heterocycles. The van der Waals surface area contributed by atoms with E-state index in [1.54, 1.807) is 24.4 Å². The van der Waals surface area contributed by atoms with E-state index in [-0.39, 0.29) is 0 Å². The topological polar surface area (TPSA) is 39.2 Å². The van der Waals surface area contributed by atoms with Crippen molar-refractivity contribution >= 4 is 32.8 Å². The van der Waals surface area contributed by atoms with Gasteiger partial charge in [0, 0.05) is 16.1 Å². The van der Waals surface area contributed by atoms with Crippen LogP contribution >= 0.6 is 15.9 Å². The zero-order valence-electron chi connectivity index (χ0n) is 11.3. The van der Waals surface area contributed by atoms with Crippen molar-refractivity contribution in [3.05, 3.63) is 70.3 Å². The average molecular weight is 342 g/mol. The number of halogens is 1. The summed E-state index contributed by atoms with van der Waals surface area (Å²) < 4.78 is 6.41. The molecule has 0 fully saturated rings. The van der Waals surface area contributed by atoms with E-state index in [0.29, 0.717) is 16.8 Å². The summed E-state index contributed by atoms with van der Waals surface area (Å²) in [5.74, 6) is 0.0856. The second-order valence-corrected chi connectivity index (χ2v) is 5.59. The van der Waals surface area contributed by atoms with E-state index in [1.807, 2.05) is 37.3 Å². The van der Waals surface area contributed by atoms with Gasteiger partial charge in [-0.25, -0.2) is 4.79 Å². The molecule has 0 aliphatic rings. The quantitative estimate of drug-likeness (QED) is 0.508. The van der Waals surface area contributed by atoms with Gasteiger partial charge >= 0.3 is 5.97 Å². The second-order valence-electron chi connectivity index (χ2n) is 4.68. The lowest BCUT2D eigenvalue weighted by Gasteiger charge is -2.08. The van der Waals surface area contributed by atoms with Gasteiger partial charge in [0.15, 0.2) is 5.75 Å². The number of aryl methyl sites for hydroxylation is 1. The van der Waals surface area contributed by atoms with Crippen LogP contribution in [0.5, 0.6) is 5.75 Å². The smallest absolute Gasteiger partial charge is 0.343 e. The Kier molecular flexibility index (Phi) is 3.71. The maximum absolute atomic E-state index is 12.2. The summed E-state index contributed by atoms with van der Waals surface area (Å²) in [7, 11) is 0. The lowest BCUT2D eigenvalue weighted by molar-refractivity contribution is 0.0736. The van der Waals surface area contributed by atoms with E-state index >= 15 is 0 Å². The van der Waals surface area contributed by atoms with Gasteiger partial charge in [-0.2, -0.15) is 0 Å². The van der Waals surface area contributed by atoms with E-state index in [2.05, 4.69) is 20.9 Å². The van der Waals surface area contributed by atoms with Crippen LogP contribution < -0.4 is 4.74 Å². The van der Waals surface area contributed by atoms with Gasteiger partial charge in [0.05, 0.1) is 5.56 Å². The number of benzene rings is 2. The molecule has 3 aromatic rings. The number of aromatic nitrogens is 1. The molecule has 0 bridgehead atoms. The maximum Gasteiger partial charge on any atom is 0.343 e. The fourth-order valence-corrected chi connectivity index (χ4v) is 2.38. The minimum atomic E-state index is -0.390. The predicted octanol–water partition coefficient (Wildman–Crippen LogP) is 4.52. The summed E-state index contributed by atoms with van der Waals surface area (Å²) in [5.41, 5.74) is 2.30. The van der Waals surface area contributed by atoms with Gasteiger partial charge in [0.2, 0.25) is 0 Å². The Bertz CT molecular complexity index is 813. The number of nitrogens with zero attached hydrogens (tertiary/aromatic N) is 1. The van der Waals surface area contributed by atoms with Crippen molar-refractivity contribution in [3.8, 4) is 5.75 Å². The largest absolute Gasteiger partial charge is 0.421 e. The second kappa shape index (κ2) is 5.66. The van der Waals surface area contributed by atoms with Crippen LogP contribution in [0.25, 0.3) is 10.9 Å². The number of hydrogen-bond donors (Lipinski definition) is 0. The zero-order valence-corrected chi connectivity index (χ0v) is 12.9. The maximum atomic E-state index is 12.2. The Balaban J connectivity index is 1.97. The molecule has 0 radical (unpaired) electrons. The molecule has 21 heavy (non-hydrogen) atoms. The standard InChI is InChI=1S/C17H12BrNO2/c1-11-4-9-15(16-14(11)3-2-10-19-16)21-17(20)12-5-7-13(18)8-6-12/h2-10H,1H3. The molecule has 104 valence electrons. The van der Waals surface area contributed by atoms with Crippen molar-refractivity contribution < 1.29 is 9.53 Å². The molecular weight excluding hydrogens is 330 g/mol. The van der Waals surface area contributed by atoms with Gasteiger partial charge < -0.3 is 4.74 Å². The monoisotopic (exact) mass is 341 g/mol. The molecule has 3 rings (SSSR count). The fraction of sp³-hybridized carbons (Fsp3) is 0.0588. The van der Waals surface area contributed by atoms with E-state index in [0.717, 1.165) is 15.4 Å². The molecule has 0 spiro atoms. The molecule has 0 aliphatic carbocycles. The van der Waals surface area contributed by atoms with E-state index < -0.39 is 5.97 Å². The summed E-state index contributed by atoms with van der Waals surface area (Å²) in [6, 6.07) is 14.6. The number of carbonyl (C=O) groups excluding carboxylic acids is 1. The Morgan fingerprint density at radius 3 is 2.62 bits per heavy atom. The molecule has 1 heterocycles. The van der Waals surface area contributed by atoms with Crippen LogP contribution in [0.1, 0.15) is 15.9 Å². The van der Waals surface area contributed by atoms with Crippen molar-refractivity contribution in [2.45, 2.75) is 6.92 Å². The third-order valence-corrected chi connectivity index (χ3v) is 3.76. The Labute approximate surface area is 130 Å². The first kappa shape index (κ1) is 13.8. The van der Waals surface area contributed by atoms with Crippen LogP contribution in [-0.2, 0) is 0 Å². The van der Waals surface area contributed by atoms with Crippen LogP contribution in [0.15, 0.2) is 59.2 Å². The van der Waals surface area contributed by atoms with E-state index in [1.165, 1.54) is 0 Å². The zero-order chi connectivity index (χ0) is 14.8. The Morgan fingerprint density at radius 2 is 1.86 bits per heavy atom. The third-order valence-electron chi connectivity index (χ3n) is 3.23. The molecule has 0 unspecified atom stereocenters. The number of esters is 1. The molecule has 0 aliphatic heterocycles. The number of pyridine rings is 1. The SMILES string of the molecule is Cc1ccc(OC(=O)c2ccc(Br)cc2)c2ncccc12. The van der Waals surface area contributed by atoms with E-state index in [9.17, 15) is 4.79 Å². The van der Waals surface area contributed by atoms with Gasteiger partial charge in [0.25, 0.3) is 0 Å². The number of ether oxygens (including phenoxy) is 1. The minimum Gasteiger partial charge on any atom is -0.421 e. The number of hydrogen-bond acceptors (Lipinski definition) is 3. The lowest BCUT2D eigenvalue weighted by Crippen LogP contribution is -2.08. The van der Waals surface area contributed by atoms with Crippen LogP contribution in [0, 0.1) is 6.92 Å². The predicted molar refractivity (Wildman–Crippen MR) is 85.6 cm³/mol. The third kappa shape index (κ3) is 2.81. The van der Waals surface area contributed by atoms with Crippen molar-refractivity contribution in [1.82, 2.24) is 4.98 Å². The van der Waals surface area contributed by atoms with Gasteiger partial charge in [0.1, 0.15) is 5.52 Å². The van der Waals surface area contributed by atoms with Crippen LogP contribution in [0.4, 0.5) is 0 Å². The first-order chi connectivity index (χ1) is 10.1. The van der Waals surface area contributed by atoms with Gasteiger partial charge in [-0.1, -0.05) is 28.1 Å².